The molecule has 0 radical (unpaired) electrons. The SMILES string of the molecule is CCC(CC)(CC)CCCCCCCCCCCNO. The van der Waals surface area contributed by atoms with Crippen molar-refractivity contribution in [1.29, 1.82) is 0 Å². The standard InChI is InChI=1S/C18H39NO/c1-4-18(5-2,6-3)16-14-12-10-8-7-9-11-13-15-17-19-20/h19-20H,4-17H2,1-3H3. The summed E-state index contributed by atoms with van der Waals surface area (Å²) in [6.07, 6.45) is 17.6. The number of hydrogen-bond acceptors (Lipinski definition) is 2. The molecule has 0 rings (SSSR count). The summed E-state index contributed by atoms with van der Waals surface area (Å²) in [6.45, 7) is 7.83. The van der Waals surface area contributed by atoms with Gasteiger partial charge < -0.3 is 5.21 Å². The maximum atomic E-state index is 8.45. The Morgan fingerprint density at radius 1 is 0.650 bits per heavy atom. The molecule has 0 aromatic carbocycles. The molecule has 122 valence electrons. The van der Waals surface area contributed by atoms with Crippen LogP contribution in [0.5, 0.6) is 0 Å². The molecule has 0 unspecified atom stereocenters. The average Bonchev–Trinajstić information content (AvgIpc) is 2.49. The molecule has 2 nitrogen and oxygen atoms in total. The number of nitrogens with one attached hydrogen (secondary N) is 1. The predicted octanol–water partition coefficient (Wildman–Crippen LogP) is 6.08. The maximum Gasteiger partial charge on any atom is 0.0207 e. The van der Waals surface area contributed by atoms with Crippen molar-refractivity contribution >= 4 is 0 Å². The fourth-order valence-electron chi connectivity index (χ4n) is 3.22. The van der Waals surface area contributed by atoms with Gasteiger partial charge >= 0.3 is 0 Å². The van der Waals surface area contributed by atoms with Crippen LogP contribution < -0.4 is 5.48 Å². The highest BCUT2D eigenvalue weighted by Crippen LogP contribution is 2.36. The van der Waals surface area contributed by atoms with Crippen LogP contribution in [0, 0.1) is 5.41 Å². The summed E-state index contributed by atoms with van der Waals surface area (Å²) in [5.41, 5.74) is 2.86. The van der Waals surface area contributed by atoms with E-state index in [0.29, 0.717) is 5.41 Å². The van der Waals surface area contributed by atoms with E-state index >= 15 is 0 Å². The molecule has 0 spiro atoms. The van der Waals surface area contributed by atoms with Crippen molar-refractivity contribution in [2.45, 2.75) is 104 Å². The van der Waals surface area contributed by atoms with Gasteiger partial charge in [0.2, 0.25) is 0 Å². The van der Waals surface area contributed by atoms with Crippen LogP contribution in [0.3, 0.4) is 0 Å². The van der Waals surface area contributed by atoms with Crippen LogP contribution in [0.4, 0.5) is 0 Å². The van der Waals surface area contributed by atoms with Gasteiger partial charge in [-0.05, 0) is 18.3 Å². The third kappa shape index (κ3) is 9.77. The zero-order valence-electron chi connectivity index (χ0n) is 14.3. The highest BCUT2D eigenvalue weighted by Gasteiger charge is 2.22. The Labute approximate surface area is 127 Å². The summed E-state index contributed by atoms with van der Waals surface area (Å²) in [6, 6.07) is 0. The molecule has 0 atom stereocenters. The van der Waals surface area contributed by atoms with Gasteiger partial charge in [0.05, 0.1) is 0 Å². The normalized spacial score (nSPS) is 12.0. The highest BCUT2D eigenvalue weighted by atomic mass is 16.5. The van der Waals surface area contributed by atoms with E-state index in [1.165, 1.54) is 77.0 Å². The van der Waals surface area contributed by atoms with E-state index < -0.39 is 0 Å². The minimum absolute atomic E-state index is 0.640. The van der Waals surface area contributed by atoms with Gasteiger partial charge in [-0.2, -0.15) is 0 Å². The molecule has 0 aliphatic rings. The monoisotopic (exact) mass is 285 g/mol. The molecular weight excluding hydrogens is 246 g/mol. The number of hydroxylamine groups is 1. The largest absolute Gasteiger partial charge is 0.317 e. The van der Waals surface area contributed by atoms with E-state index in [1.54, 1.807) is 0 Å². The molecule has 20 heavy (non-hydrogen) atoms. The predicted molar refractivity (Wildman–Crippen MR) is 89.3 cm³/mol. The van der Waals surface area contributed by atoms with Gasteiger partial charge in [0.15, 0.2) is 0 Å². The van der Waals surface area contributed by atoms with Crippen LogP contribution in [0.2, 0.25) is 0 Å². The van der Waals surface area contributed by atoms with Gasteiger partial charge in [-0.1, -0.05) is 91.4 Å². The molecule has 0 heterocycles. The van der Waals surface area contributed by atoms with Gasteiger partial charge in [-0.3, -0.25) is 0 Å². The zero-order chi connectivity index (χ0) is 15.1. The third-order valence-corrected chi connectivity index (χ3v) is 5.25. The Bertz CT molecular complexity index is 182. The summed E-state index contributed by atoms with van der Waals surface area (Å²) >= 11 is 0. The number of hydrogen-bond donors (Lipinski definition) is 2. The zero-order valence-corrected chi connectivity index (χ0v) is 14.3. The van der Waals surface area contributed by atoms with Crippen molar-refractivity contribution in [3.05, 3.63) is 0 Å². The minimum atomic E-state index is 0.640. The fraction of sp³-hybridized carbons (Fsp3) is 1.00. The summed E-state index contributed by atoms with van der Waals surface area (Å²) < 4.78 is 0. The van der Waals surface area contributed by atoms with Crippen molar-refractivity contribution in [2.24, 2.45) is 5.41 Å². The molecule has 0 amide bonds. The third-order valence-electron chi connectivity index (χ3n) is 5.25. The molecule has 0 aliphatic heterocycles. The maximum absolute atomic E-state index is 8.45. The van der Waals surface area contributed by atoms with Crippen molar-refractivity contribution in [3.8, 4) is 0 Å². The van der Waals surface area contributed by atoms with E-state index in [1.807, 2.05) is 0 Å². The van der Waals surface area contributed by atoms with Crippen LogP contribution in [0.15, 0.2) is 0 Å². The molecular formula is C18H39NO. The van der Waals surface area contributed by atoms with Crippen LogP contribution in [0.1, 0.15) is 104 Å². The number of rotatable bonds is 15. The second kappa shape index (κ2) is 13.9. The Balaban J connectivity index is 3.32. The lowest BCUT2D eigenvalue weighted by Crippen LogP contribution is -2.17. The van der Waals surface area contributed by atoms with Gasteiger partial charge in [-0.15, -0.1) is 0 Å². The molecule has 2 N–H and O–H groups in total. The van der Waals surface area contributed by atoms with Crippen molar-refractivity contribution in [1.82, 2.24) is 5.48 Å². The summed E-state index contributed by atoms with van der Waals surface area (Å²) in [5.74, 6) is 0. The second-order valence-electron chi connectivity index (χ2n) is 6.40. The molecule has 0 aromatic heterocycles. The first-order valence-electron chi connectivity index (χ1n) is 9.11. The van der Waals surface area contributed by atoms with E-state index in [4.69, 9.17) is 5.21 Å². The topological polar surface area (TPSA) is 32.3 Å². The van der Waals surface area contributed by atoms with Crippen LogP contribution in [0.25, 0.3) is 0 Å². The van der Waals surface area contributed by atoms with Gasteiger partial charge in [0.1, 0.15) is 0 Å². The summed E-state index contributed by atoms with van der Waals surface area (Å²) in [5, 5.41) is 8.45. The number of unbranched alkanes of at least 4 members (excludes halogenated alkanes) is 8. The Kier molecular flexibility index (Phi) is 13.8. The molecule has 0 aliphatic carbocycles. The quantitative estimate of drug-likeness (QED) is 0.282. The summed E-state index contributed by atoms with van der Waals surface area (Å²) in [4.78, 5) is 0. The molecule has 0 aromatic rings. The van der Waals surface area contributed by atoms with E-state index in [0.717, 1.165) is 13.0 Å². The molecule has 0 fully saturated rings. The second-order valence-corrected chi connectivity index (χ2v) is 6.40. The first-order chi connectivity index (χ1) is 9.74. The van der Waals surface area contributed by atoms with Crippen molar-refractivity contribution < 1.29 is 5.21 Å². The summed E-state index contributed by atoms with van der Waals surface area (Å²) in [7, 11) is 0. The molecule has 0 bridgehead atoms. The van der Waals surface area contributed by atoms with Gasteiger partial charge in [0, 0.05) is 6.54 Å². The minimum Gasteiger partial charge on any atom is -0.317 e. The van der Waals surface area contributed by atoms with E-state index in [2.05, 4.69) is 26.3 Å². The molecule has 0 saturated heterocycles. The lowest BCUT2D eigenvalue weighted by molar-refractivity contribution is 0.164. The molecule has 0 saturated carbocycles. The Morgan fingerprint density at radius 2 is 1.05 bits per heavy atom. The smallest absolute Gasteiger partial charge is 0.0207 e. The van der Waals surface area contributed by atoms with Crippen molar-refractivity contribution in [3.63, 3.8) is 0 Å². The van der Waals surface area contributed by atoms with Crippen molar-refractivity contribution in [2.75, 3.05) is 6.54 Å². The first-order valence-corrected chi connectivity index (χ1v) is 9.11. The lowest BCUT2D eigenvalue weighted by atomic mass is 9.75. The first kappa shape index (κ1) is 19.9. The Morgan fingerprint density at radius 3 is 1.45 bits per heavy atom. The van der Waals surface area contributed by atoms with E-state index in [9.17, 15) is 0 Å². The highest BCUT2D eigenvalue weighted by molar-refractivity contribution is 4.74. The van der Waals surface area contributed by atoms with Gasteiger partial charge in [-0.25, -0.2) is 5.48 Å². The van der Waals surface area contributed by atoms with E-state index in [-0.39, 0.29) is 0 Å². The van der Waals surface area contributed by atoms with Crippen LogP contribution in [-0.2, 0) is 0 Å². The van der Waals surface area contributed by atoms with Crippen LogP contribution >= 0.6 is 0 Å². The van der Waals surface area contributed by atoms with Gasteiger partial charge in [0.25, 0.3) is 0 Å². The fourth-order valence-corrected chi connectivity index (χ4v) is 3.22. The average molecular weight is 286 g/mol. The Hall–Kier alpha value is -0.0800. The van der Waals surface area contributed by atoms with Crippen LogP contribution in [-0.4, -0.2) is 11.8 Å². The molecule has 2 heteroatoms. The lowest BCUT2D eigenvalue weighted by Gasteiger charge is -2.30.